The number of nitrogens with zero attached hydrogens (tertiary/aromatic N) is 2. The van der Waals surface area contributed by atoms with E-state index in [4.69, 9.17) is 0 Å². The largest absolute Gasteiger partial charge is 0.591 e. The molecule has 0 saturated heterocycles. The average Bonchev–Trinajstić information content (AvgIpc) is 2.21. The molecule has 3 nitrogen and oxygen atoms in total. The van der Waals surface area contributed by atoms with Crippen LogP contribution >= 0.6 is 15.9 Å². The van der Waals surface area contributed by atoms with E-state index in [2.05, 4.69) is 25.3 Å². The molecule has 0 radical (unpaired) electrons. The molecule has 0 aliphatic carbocycles. The molecule has 0 spiro atoms. The van der Waals surface area contributed by atoms with Gasteiger partial charge in [-0.1, -0.05) is 4.40 Å². The van der Waals surface area contributed by atoms with Crippen LogP contribution in [0.1, 0.15) is 26.3 Å². The Morgan fingerprint density at radius 3 is 2.81 bits per heavy atom. The van der Waals surface area contributed by atoms with Crippen molar-refractivity contribution in [3.05, 3.63) is 28.2 Å². The zero-order chi connectivity index (χ0) is 12.3. The second kappa shape index (κ2) is 5.75. The van der Waals surface area contributed by atoms with Gasteiger partial charge in [-0.3, -0.25) is 0 Å². The molecule has 16 heavy (non-hydrogen) atoms. The van der Waals surface area contributed by atoms with Gasteiger partial charge in [0.15, 0.2) is 0 Å². The molecule has 1 aromatic rings. The number of aromatic nitrogens is 1. The summed E-state index contributed by atoms with van der Waals surface area (Å²) in [5, 5.41) is -0.0851. The lowest BCUT2D eigenvalue weighted by Gasteiger charge is -2.08. The van der Waals surface area contributed by atoms with Crippen molar-refractivity contribution >= 4 is 33.0 Å². The van der Waals surface area contributed by atoms with Crippen LogP contribution in [0.25, 0.3) is 0 Å². The zero-order valence-electron chi connectivity index (χ0n) is 9.20. The van der Waals surface area contributed by atoms with Crippen LogP contribution in [0.2, 0.25) is 0 Å². The summed E-state index contributed by atoms with van der Waals surface area (Å²) in [4.78, 5) is 3.56. The highest BCUT2D eigenvalue weighted by molar-refractivity contribution is 9.10. The Morgan fingerprint density at radius 2 is 2.25 bits per heavy atom. The highest BCUT2D eigenvalue weighted by atomic mass is 79.9. The second-order valence-electron chi connectivity index (χ2n) is 3.49. The van der Waals surface area contributed by atoms with Crippen LogP contribution in [-0.2, 0) is 11.4 Å². The Hall–Kier alpha value is -0.460. The van der Waals surface area contributed by atoms with Crippen molar-refractivity contribution in [1.29, 1.82) is 0 Å². The van der Waals surface area contributed by atoms with E-state index in [1.165, 1.54) is 6.20 Å². The third-order valence-electron chi connectivity index (χ3n) is 1.83. The van der Waals surface area contributed by atoms with Gasteiger partial charge in [0.2, 0.25) is 5.95 Å². The Bertz CT molecular complexity index is 412. The van der Waals surface area contributed by atoms with Crippen LogP contribution in [-0.4, -0.2) is 20.5 Å². The van der Waals surface area contributed by atoms with Crippen molar-refractivity contribution in [3.63, 3.8) is 0 Å². The van der Waals surface area contributed by atoms with Crippen LogP contribution in [0.5, 0.6) is 0 Å². The predicted octanol–water partition coefficient (Wildman–Crippen LogP) is 2.86. The quantitative estimate of drug-likeness (QED) is 0.490. The number of hydrogen-bond donors (Lipinski definition) is 0. The molecule has 88 valence electrons. The van der Waals surface area contributed by atoms with Crippen molar-refractivity contribution in [1.82, 2.24) is 4.98 Å². The first-order chi connectivity index (χ1) is 7.41. The van der Waals surface area contributed by atoms with E-state index in [-0.39, 0.29) is 10.8 Å². The van der Waals surface area contributed by atoms with E-state index in [0.29, 0.717) is 10.2 Å². The maximum Gasteiger partial charge on any atom is 0.222 e. The van der Waals surface area contributed by atoms with Gasteiger partial charge < -0.3 is 4.55 Å². The summed E-state index contributed by atoms with van der Waals surface area (Å²) in [5.74, 6) is -0.606. The molecular weight excluding hydrogens is 295 g/mol. The molecule has 1 aromatic heterocycles. The summed E-state index contributed by atoms with van der Waals surface area (Å²) in [7, 11) is 0. The lowest BCUT2D eigenvalue weighted by molar-refractivity contribution is 0.580. The lowest BCUT2D eigenvalue weighted by atomic mass is 10.2. The van der Waals surface area contributed by atoms with Gasteiger partial charge in [-0.15, -0.1) is 0 Å². The fourth-order valence-corrected chi connectivity index (χ4v) is 1.88. The summed E-state index contributed by atoms with van der Waals surface area (Å²) < 4.78 is 29.4. The van der Waals surface area contributed by atoms with E-state index in [1.54, 1.807) is 26.8 Å². The van der Waals surface area contributed by atoms with Gasteiger partial charge in [-0.05, 0) is 42.8 Å². The van der Waals surface area contributed by atoms with Gasteiger partial charge in [0, 0.05) is 10.7 Å². The van der Waals surface area contributed by atoms with E-state index in [1.807, 2.05) is 0 Å². The van der Waals surface area contributed by atoms with Crippen LogP contribution < -0.4 is 0 Å². The minimum atomic E-state index is -1.34. The number of hydrogen-bond acceptors (Lipinski definition) is 3. The summed E-state index contributed by atoms with van der Waals surface area (Å²) in [6.07, 6.45) is 1.37. The molecule has 6 heteroatoms. The first-order valence-corrected chi connectivity index (χ1v) is 6.65. The Balaban J connectivity index is 3.04. The molecule has 0 aromatic carbocycles. The van der Waals surface area contributed by atoms with Gasteiger partial charge in [-0.2, -0.15) is 4.39 Å². The normalized spacial score (nSPS) is 14.3. The van der Waals surface area contributed by atoms with E-state index < -0.39 is 17.3 Å². The molecular formula is C10H12BrFN2OS. The van der Waals surface area contributed by atoms with Crippen LogP contribution in [0.3, 0.4) is 0 Å². The van der Waals surface area contributed by atoms with Gasteiger partial charge in [-0.25, -0.2) is 4.98 Å². The highest BCUT2D eigenvalue weighted by Gasteiger charge is 2.14. The maximum atomic E-state index is 13.4. The summed E-state index contributed by atoms with van der Waals surface area (Å²) in [5.41, 5.74) is 0.654. The van der Waals surface area contributed by atoms with Gasteiger partial charge >= 0.3 is 0 Å². The topological polar surface area (TPSA) is 48.3 Å². The van der Waals surface area contributed by atoms with Crippen molar-refractivity contribution in [2.24, 2.45) is 4.40 Å². The average molecular weight is 307 g/mol. The minimum Gasteiger partial charge on any atom is -0.591 e. The Labute approximate surface area is 106 Å². The Morgan fingerprint density at radius 1 is 1.62 bits per heavy atom. The molecule has 0 saturated carbocycles. The number of rotatable bonds is 3. The fourth-order valence-electron chi connectivity index (χ4n) is 0.966. The van der Waals surface area contributed by atoms with Crippen LogP contribution in [0, 0.1) is 5.95 Å². The van der Waals surface area contributed by atoms with Crippen molar-refractivity contribution in [3.8, 4) is 0 Å². The second-order valence-corrected chi connectivity index (χ2v) is 6.09. The van der Waals surface area contributed by atoms with E-state index in [0.717, 1.165) is 0 Å². The lowest BCUT2D eigenvalue weighted by Crippen LogP contribution is -2.13. The summed E-state index contributed by atoms with van der Waals surface area (Å²) in [6, 6.07) is 1.57. The molecule has 1 rings (SSSR count). The smallest absolute Gasteiger partial charge is 0.222 e. The van der Waals surface area contributed by atoms with Gasteiger partial charge in [0.05, 0.1) is 16.9 Å². The van der Waals surface area contributed by atoms with E-state index in [9.17, 15) is 8.94 Å². The standard InChI is InChI=1S/C10H12BrFN2OS/c1-6(2)16(15)14-7(3)9-4-8(11)5-13-10(9)12/h4-6H,1-3H3. The van der Waals surface area contributed by atoms with Crippen molar-refractivity contribution < 1.29 is 8.94 Å². The summed E-state index contributed by atoms with van der Waals surface area (Å²) in [6.45, 7) is 5.21. The minimum absolute atomic E-state index is 0.0851. The first-order valence-electron chi connectivity index (χ1n) is 4.69. The number of halogens is 2. The Kier molecular flexibility index (Phi) is 4.89. The molecule has 0 amide bonds. The third kappa shape index (κ3) is 3.54. The maximum absolute atomic E-state index is 13.4. The highest BCUT2D eigenvalue weighted by Crippen LogP contribution is 2.15. The van der Waals surface area contributed by atoms with Gasteiger partial charge in [0.25, 0.3) is 0 Å². The molecule has 1 atom stereocenters. The van der Waals surface area contributed by atoms with Crippen LogP contribution in [0.15, 0.2) is 21.1 Å². The zero-order valence-corrected chi connectivity index (χ0v) is 11.6. The SMILES string of the molecule is CC(=N[S+]([O-])C(C)C)c1cc(Br)cnc1F. The van der Waals surface area contributed by atoms with Crippen molar-refractivity contribution in [2.45, 2.75) is 26.0 Å². The molecule has 0 aliphatic heterocycles. The number of pyridine rings is 1. The van der Waals surface area contributed by atoms with Crippen LogP contribution in [0.4, 0.5) is 4.39 Å². The molecule has 1 unspecified atom stereocenters. The summed E-state index contributed by atoms with van der Waals surface area (Å²) >= 11 is 1.86. The molecule has 1 heterocycles. The molecule has 0 bridgehead atoms. The predicted molar refractivity (Wildman–Crippen MR) is 67.4 cm³/mol. The molecule has 0 aliphatic rings. The van der Waals surface area contributed by atoms with Crippen molar-refractivity contribution in [2.75, 3.05) is 0 Å². The molecule has 0 fully saturated rings. The third-order valence-corrected chi connectivity index (χ3v) is 3.52. The van der Waals surface area contributed by atoms with E-state index >= 15 is 0 Å². The van der Waals surface area contributed by atoms with Gasteiger partial charge in [0.1, 0.15) is 11.0 Å². The molecule has 0 N–H and O–H groups in total. The fraction of sp³-hybridized carbons (Fsp3) is 0.400. The monoisotopic (exact) mass is 306 g/mol. The first kappa shape index (κ1) is 13.6.